The summed E-state index contributed by atoms with van der Waals surface area (Å²) in [5.41, 5.74) is 0. The van der Waals surface area contributed by atoms with Crippen molar-refractivity contribution in [2.75, 3.05) is 0 Å². The molecule has 1 heterocycles. The predicted molar refractivity (Wildman–Crippen MR) is 68.4 cm³/mol. The monoisotopic (exact) mass is 338 g/mol. The van der Waals surface area contributed by atoms with Gasteiger partial charge in [0.25, 0.3) is 0 Å². The normalized spacial score (nSPS) is 30.7. The van der Waals surface area contributed by atoms with Crippen molar-refractivity contribution in [1.29, 1.82) is 0 Å². The zero-order valence-electron chi connectivity index (χ0n) is 8.89. The molecule has 0 amide bonds. The minimum absolute atomic E-state index is 0.243. The lowest BCUT2D eigenvalue weighted by molar-refractivity contribution is -0.134. The summed E-state index contributed by atoms with van der Waals surface area (Å²) < 4.78 is 4.61. The average Bonchev–Trinajstić information content (AvgIpc) is 2.39. The summed E-state index contributed by atoms with van der Waals surface area (Å²) in [6, 6.07) is 0. The molecule has 0 saturated carbocycles. The third-order valence-electron chi connectivity index (χ3n) is 2.69. The maximum Gasteiger partial charge on any atom is 0.326 e. The number of hydrogen-bond acceptors (Lipinski definition) is 2. The Morgan fingerprint density at radius 3 is 2.60 bits per heavy atom. The van der Waals surface area contributed by atoms with E-state index in [1.807, 2.05) is 0 Å². The predicted octanol–water partition coefficient (Wildman–Crippen LogP) is 3.92. The Kier molecular flexibility index (Phi) is 4.84. The highest BCUT2D eigenvalue weighted by Gasteiger charge is 2.50. The van der Waals surface area contributed by atoms with Crippen molar-refractivity contribution in [3.63, 3.8) is 0 Å². The Morgan fingerprint density at radius 1 is 1.47 bits per heavy atom. The molecule has 1 saturated heterocycles. The molecule has 0 aliphatic carbocycles. The van der Waals surface area contributed by atoms with Gasteiger partial charge in [-0.15, -0.1) is 0 Å². The highest BCUT2D eigenvalue weighted by atomic mass is 79.9. The molecule has 0 radical (unpaired) electrons. The summed E-state index contributed by atoms with van der Waals surface area (Å²) in [6.07, 6.45) is 5.59. The van der Waals surface area contributed by atoms with Crippen LogP contribution in [0, 0.1) is 0 Å². The first-order valence-corrected chi connectivity index (χ1v) is 6.97. The number of halogens is 2. The number of rotatable bonds is 5. The zero-order chi connectivity index (χ0) is 11.5. The van der Waals surface area contributed by atoms with Gasteiger partial charge in [0, 0.05) is 0 Å². The maximum atomic E-state index is 11.3. The lowest BCUT2D eigenvalue weighted by atomic mass is 9.97. The highest BCUT2D eigenvalue weighted by Crippen LogP contribution is 2.45. The molecule has 1 aliphatic rings. The Balaban J connectivity index is 2.50. The van der Waals surface area contributed by atoms with E-state index in [0.717, 1.165) is 12.8 Å². The van der Waals surface area contributed by atoms with Crippen LogP contribution in [-0.4, -0.2) is 15.1 Å². The van der Waals surface area contributed by atoms with E-state index in [9.17, 15) is 4.79 Å². The van der Waals surface area contributed by atoms with Crippen molar-refractivity contribution in [2.45, 2.75) is 48.2 Å². The minimum Gasteiger partial charge on any atom is -0.429 e. The van der Waals surface area contributed by atoms with E-state index in [1.54, 1.807) is 0 Å². The van der Waals surface area contributed by atoms with E-state index in [2.05, 4.69) is 45.4 Å². The fourth-order valence-corrected chi connectivity index (χ4v) is 2.79. The van der Waals surface area contributed by atoms with Gasteiger partial charge in [-0.05, 0) is 6.42 Å². The molecular weight excluding hydrogens is 324 g/mol. The van der Waals surface area contributed by atoms with E-state index < -0.39 is 4.32 Å². The topological polar surface area (TPSA) is 26.3 Å². The quantitative estimate of drug-likeness (QED) is 0.431. The largest absolute Gasteiger partial charge is 0.429 e. The highest BCUT2D eigenvalue weighted by molar-refractivity contribution is 9.13. The van der Waals surface area contributed by atoms with E-state index in [4.69, 9.17) is 4.74 Å². The van der Waals surface area contributed by atoms with Gasteiger partial charge in [-0.25, -0.2) is 0 Å². The van der Waals surface area contributed by atoms with Crippen LogP contribution in [0.25, 0.3) is 0 Å². The van der Waals surface area contributed by atoms with Crippen LogP contribution in [0.15, 0.2) is 12.3 Å². The van der Waals surface area contributed by atoms with Gasteiger partial charge < -0.3 is 4.74 Å². The summed E-state index contributed by atoms with van der Waals surface area (Å²) >= 11 is 6.93. The van der Waals surface area contributed by atoms with E-state index in [-0.39, 0.29) is 10.8 Å². The molecule has 0 spiro atoms. The van der Waals surface area contributed by atoms with Gasteiger partial charge in [0.05, 0.1) is 0 Å². The van der Waals surface area contributed by atoms with E-state index in [0.29, 0.717) is 5.76 Å². The van der Waals surface area contributed by atoms with Crippen molar-refractivity contribution < 1.29 is 9.53 Å². The van der Waals surface area contributed by atoms with Gasteiger partial charge >= 0.3 is 5.97 Å². The molecule has 2 atom stereocenters. The van der Waals surface area contributed by atoms with E-state index >= 15 is 0 Å². The third-order valence-corrected chi connectivity index (χ3v) is 5.76. The van der Waals surface area contributed by atoms with Crippen LogP contribution in [0.3, 0.4) is 0 Å². The van der Waals surface area contributed by atoms with Crippen LogP contribution in [0.2, 0.25) is 0 Å². The lowest BCUT2D eigenvalue weighted by Gasteiger charge is -2.22. The molecule has 0 N–H and O–H groups in total. The van der Waals surface area contributed by atoms with Crippen LogP contribution in [-0.2, 0) is 9.53 Å². The second kappa shape index (κ2) is 5.48. The number of unbranched alkanes of at least 4 members (excludes halogenated alkanes) is 3. The first-order valence-electron chi connectivity index (χ1n) is 5.26. The molecule has 0 aromatic heterocycles. The molecule has 0 aromatic carbocycles. The van der Waals surface area contributed by atoms with E-state index in [1.165, 1.54) is 19.3 Å². The van der Waals surface area contributed by atoms with Crippen LogP contribution in [0.5, 0.6) is 0 Å². The second-order valence-corrected chi connectivity index (χ2v) is 6.21. The summed E-state index contributed by atoms with van der Waals surface area (Å²) in [6.45, 7) is 5.97. The van der Waals surface area contributed by atoms with Gasteiger partial charge in [-0.1, -0.05) is 71.0 Å². The lowest BCUT2D eigenvalue weighted by Crippen LogP contribution is -2.30. The van der Waals surface area contributed by atoms with Gasteiger partial charge in [-0.2, -0.15) is 0 Å². The number of ether oxygens (including phenoxy) is 1. The Morgan fingerprint density at radius 2 is 2.13 bits per heavy atom. The molecule has 0 bridgehead atoms. The van der Waals surface area contributed by atoms with Crippen molar-refractivity contribution >= 4 is 37.8 Å². The molecular formula is C11H16Br2O2. The molecule has 2 nitrogen and oxygen atoms in total. The van der Waals surface area contributed by atoms with Crippen molar-refractivity contribution in [3.05, 3.63) is 12.3 Å². The first kappa shape index (κ1) is 13.2. The summed E-state index contributed by atoms with van der Waals surface area (Å²) in [7, 11) is 0. The fourth-order valence-electron chi connectivity index (χ4n) is 1.66. The number of carbonyl (C=O) groups excluding carboxylic acids is 1. The van der Waals surface area contributed by atoms with Crippen LogP contribution >= 0.6 is 31.9 Å². The standard InChI is InChI=1S/C11H16Br2O2/c1-3-4-5-6-7-11(13)8(2)15-10(14)9(11)12/h9H,2-7H2,1H3/t9-,11+/m0/s1. The molecule has 0 unspecified atom stereocenters. The number of esters is 1. The van der Waals surface area contributed by atoms with Gasteiger partial charge in [0.15, 0.2) is 0 Å². The smallest absolute Gasteiger partial charge is 0.326 e. The average molecular weight is 340 g/mol. The summed E-state index contributed by atoms with van der Waals surface area (Å²) in [5.74, 6) is 0.290. The molecule has 86 valence electrons. The van der Waals surface area contributed by atoms with Gasteiger partial charge in [0.2, 0.25) is 0 Å². The third kappa shape index (κ3) is 2.84. The second-order valence-electron chi connectivity index (χ2n) is 3.88. The van der Waals surface area contributed by atoms with Gasteiger partial charge in [-0.3, -0.25) is 4.79 Å². The maximum absolute atomic E-state index is 11.3. The molecule has 1 fully saturated rings. The van der Waals surface area contributed by atoms with Crippen molar-refractivity contribution in [1.82, 2.24) is 0 Å². The number of allylic oxidation sites excluding steroid dienone is 1. The number of hydrogen-bond donors (Lipinski definition) is 0. The van der Waals surface area contributed by atoms with Crippen LogP contribution in [0.1, 0.15) is 39.0 Å². The first-order chi connectivity index (χ1) is 7.02. The van der Waals surface area contributed by atoms with Gasteiger partial charge in [0.1, 0.15) is 14.9 Å². The summed E-state index contributed by atoms with van der Waals surface area (Å²) in [5, 5.41) is 0. The number of carbonyl (C=O) groups is 1. The van der Waals surface area contributed by atoms with Crippen LogP contribution in [0.4, 0.5) is 0 Å². The van der Waals surface area contributed by atoms with Crippen molar-refractivity contribution in [2.24, 2.45) is 0 Å². The number of cyclic esters (lactones) is 1. The Bertz CT molecular complexity index is 265. The van der Waals surface area contributed by atoms with Crippen molar-refractivity contribution in [3.8, 4) is 0 Å². The molecule has 0 aromatic rings. The number of alkyl halides is 2. The Hall–Kier alpha value is 0.170. The Labute approximate surface area is 108 Å². The molecule has 1 rings (SSSR count). The SMILES string of the molecule is C=C1OC(=O)[C@H](Br)[C@@]1(Br)CCCCCC. The summed E-state index contributed by atoms with van der Waals surface area (Å²) in [4.78, 5) is 11.0. The molecule has 1 aliphatic heterocycles. The molecule has 4 heteroatoms. The zero-order valence-corrected chi connectivity index (χ0v) is 12.1. The minimum atomic E-state index is -0.405. The van der Waals surface area contributed by atoms with Crippen LogP contribution < -0.4 is 0 Å². The molecule has 15 heavy (non-hydrogen) atoms. The fraction of sp³-hybridized carbons (Fsp3) is 0.727.